The molecule has 0 aliphatic rings. The van der Waals surface area contributed by atoms with Crippen LogP contribution in [0.5, 0.6) is 0 Å². The molecule has 5 heteroatoms. The summed E-state index contributed by atoms with van der Waals surface area (Å²) in [6.07, 6.45) is -0.521. The Hall–Kier alpha value is -1.04. The van der Waals surface area contributed by atoms with Crippen LogP contribution >= 0.6 is 0 Å². The van der Waals surface area contributed by atoms with Crippen LogP contribution in [0.4, 0.5) is 8.78 Å². The molecule has 84 valence electrons. The lowest BCUT2D eigenvalue weighted by Gasteiger charge is -2.15. The minimum atomic E-state index is -0.932. The van der Waals surface area contributed by atoms with Crippen LogP contribution in [0.25, 0.3) is 0 Å². The molecule has 0 bridgehead atoms. The number of benzene rings is 1. The highest BCUT2D eigenvalue weighted by atomic mass is 19.2. The molecular weight excluding hydrogens is 204 g/mol. The molecule has 1 aromatic carbocycles. The molecule has 1 unspecified atom stereocenters. The predicted octanol–water partition coefficient (Wildman–Crippen LogP) is 0.973. The lowest BCUT2D eigenvalue weighted by Crippen LogP contribution is -2.17. The van der Waals surface area contributed by atoms with E-state index >= 15 is 0 Å². The quantitative estimate of drug-likeness (QED) is 0.772. The zero-order valence-electron chi connectivity index (χ0n) is 8.12. The Kier molecular flexibility index (Phi) is 4.61. The topological polar surface area (TPSA) is 55.5 Å². The molecule has 1 rings (SSSR count). The molecule has 0 saturated heterocycles. The van der Waals surface area contributed by atoms with E-state index in [1.165, 1.54) is 6.07 Å². The van der Waals surface area contributed by atoms with Crippen LogP contribution in [0, 0.1) is 11.6 Å². The van der Waals surface area contributed by atoms with E-state index in [0.29, 0.717) is 5.56 Å². The minimum Gasteiger partial charge on any atom is -0.394 e. The molecule has 0 spiro atoms. The van der Waals surface area contributed by atoms with Gasteiger partial charge in [0.1, 0.15) is 0 Å². The molecule has 0 aliphatic heterocycles. The maximum atomic E-state index is 12.9. The molecule has 0 aromatic heterocycles. The van der Waals surface area contributed by atoms with Crippen LogP contribution in [0.3, 0.4) is 0 Å². The van der Waals surface area contributed by atoms with E-state index in [2.05, 4.69) is 0 Å². The van der Waals surface area contributed by atoms with Gasteiger partial charge in [-0.1, -0.05) is 6.07 Å². The highest BCUT2D eigenvalue weighted by Gasteiger charge is 2.12. The Morgan fingerprint density at radius 2 is 2.07 bits per heavy atom. The van der Waals surface area contributed by atoms with Crippen molar-refractivity contribution in [3.8, 4) is 0 Å². The summed E-state index contributed by atoms with van der Waals surface area (Å²) >= 11 is 0. The molecule has 3 N–H and O–H groups in total. The zero-order chi connectivity index (χ0) is 11.3. The van der Waals surface area contributed by atoms with Crippen LogP contribution < -0.4 is 5.73 Å². The van der Waals surface area contributed by atoms with E-state index < -0.39 is 17.7 Å². The third kappa shape index (κ3) is 3.23. The molecule has 15 heavy (non-hydrogen) atoms. The Balaban J connectivity index is 2.78. The van der Waals surface area contributed by atoms with Gasteiger partial charge in [0.2, 0.25) is 0 Å². The number of halogens is 2. The average molecular weight is 217 g/mol. The Morgan fingerprint density at radius 3 is 2.60 bits per heavy atom. The first-order valence-electron chi connectivity index (χ1n) is 4.56. The first-order chi connectivity index (χ1) is 7.19. The third-order valence-corrected chi connectivity index (χ3v) is 1.94. The van der Waals surface area contributed by atoms with E-state index in [9.17, 15) is 8.78 Å². The summed E-state index contributed by atoms with van der Waals surface area (Å²) in [7, 11) is 0. The van der Waals surface area contributed by atoms with Gasteiger partial charge in [0.25, 0.3) is 0 Å². The van der Waals surface area contributed by atoms with Crippen LogP contribution in [0.1, 0.15) is 11.7 Å². The zero-order valence-corrected chi connectivity index (χ0v) is 8.12. The Morgan fingerprint density at radius 1 is 1.33 bits per heavy atom. The molecule has 0 amide bonds. The monoisotopic (exact) mass is 217 g/mol. The second kappa shape index (κ2) is 5.75. The summed E-state index contributed by atoms with van der Waals surface area (Å²) in [4.78, 5) is 0. The predicted molar refractivity (Wildman–Crippen MR) is 51.2 cm³/mol. The van der Waals surface area contributed by atoms with Crippen molar-refractivity contribution in [2.24, 2.45) is 5.73 Å². The number of aliphatic hydroxyl groups is 1. The van der Waals surface area contributed by atoms with E-state index in [0.717, 1.165) is 12.1 Å². The van der Waals surface area contributed by atoms with Gasteiger partial charge < -0.3 is 15.6 Å². The summed E-state index contributed by atoms with van der Waals surface area (Å²) < 4.78 is 30.7. The lowest BCUT2D eigenvalue weighted by molar-refractivity contribution is 0.0327. The fourth-order valence-corrected chi connectivity index (χ4v) is 1.21. The normalized spacial score (nSPS) is 12.8. The Bertz CT molecular complexity index is 320. The highest BCUT2D eigenvalue weighted by Crippen LogP contribution is 2.18. The molecule has 0 heterocycles. The van der Waals surface area contributed by atoms with Gasteiger partial charge in [-0.05, 0) is 17.7 Å². The second-order valence-corrected chi connectivity index (χ2v) is 2.99. The van der Waals surface area contributed by atoms with Gasteiger partial charge in [-0.25, -0.2) is 8.78 Å². The molecule has 3 nitrogen and oxygen atoms in total. The minimum absolute atomic E-state index is 0.112. The standard InChI is InChI=1S/C10H13F2NO2/c11-8-2-1-7(5-9(8)12)10(6-13)15-4-3-14/h1-2,5,10,14H,3-4,6,13H2. The largest absolute Gasteiger partial charge is 0.394 e. The maximum Gasteiger partial charge on any atom is 0.159 e. The van der Waals surface area contributed by atoms with Crippen molar-refractivity contribution in [2.45, 2.75) is 6.10 Å². The molecule has 0 radical (unpaired) electrons. The van der Waals surface area contributed by atoms with Gasteiger partial charge >= 0.3 is 0 Å². The maximum absolute atomic E-state index is 12.9. The fourth-order valence-electron chi connectivity index (χ4n) is 1.21. The first-order valence-corrected chi connectivity index (χ1v) is 4.56. The molecule has 1 atom stereocenters. The summed E-state index contributed by atoms with van der Waals surface area (Å²) in [5.74, 6) is -1.84. The summed E-state index contributed by atoms with van der Waals surface area (Å²) in [6, 6.07) is 3.48. The number of hydrogen-bond donors (Lipinski definition) is 2. The van der Waals surface area contributed by atoms with Crippen molar-refractivity contribution in [1.82, 2.24) is 0 Å². The van der Waals surface area contributed by atoms with Crippen LogP contribution in [0.15, 0.2) is 18.2 Å². The molecular formula is C10H13F2NO2. The number of nitrogens with two attached hydrogens (primary N) is 1. The highest BCUT2D eigenvalue weighted by molar-refractivity contribution is 5.20. The van der Waals surface area contributed by atoms with Crippen molar-refractivity contribution in [3.63, 3.8) is 0 Å². The number of aliphatic hydroxyl groups excluding tert-OH is 1. The van der Waals surface area contributed by atoms with Gasteiger partial charge in [-0.3, -0.25) is 0 Å². The van der Waals surface area contributed by atoms with Crippen LogP contribution in [-0.4, -0.2) is 24.9 Å². The van der Waals surface area contributed by atoms with Crippen LogP contribution in [0.2, 0.25) is 0 Å². The van der Waals surface area contributed by atoms with Gasteiger partial charge in [0.15, 0.2) is 11.6 Å². The number of ether oxygens (including phenoxy) is 1. The second-order valence-electron chi connectivity index (χ2n) is 2.99. The summed E-state index contributed by atoms with van der Waals surface area (Å²) in [6.45, 7) is 0.117. The van der Waals surface area contributed by atoms with Crippen molar-refractivity contribution < 1.29 is 18.6 Å². The van der Waals surface area contributed by atoms with E-state index in [-0.39, 0.29) is 19.8 Å². The SMILES string of the molecule is NCC(OCCO)c1ccc(F)c(F)c1. The Labute approximate surface area is 86.5 Å². The number of hydrogen-bond acceptors (Lipinski definition) is 3. The van der Waals surface area contributed by atoms with E-state index in [1.54, 1.807) is 0 Å². The van der Waals surface area contributed by atoms with Crippen molar-refractivity contribution in [2.75, 3.05) is 19.8 Å². The van der Waals surface area contributed by atoms with E-state index in [1.807, 2.05) is 0 Å². The number of rotatable bonds is 5. The molecule has 0 aliphatic carbocycles. The first kappa shape index (κ1) is 12.0. The van der Waals surface area contributed by atoms with Crippen molar-refractivity contribution in [3.05, 3.63) is 35.4 Å². The summed E-state index contributed by atoms with van der Waals surface area (Å²) in [5.41, 5.74) is 5.87. The average Bonchev–Trinajstić information content (AvgIpc) is 2.24. The molecule has 0 saturated carbocycles. The molecule has 0 fully saturated rings. The molecule has 1 aromatic rings. The van der Waals surface area contributed by atoms with Gasteiger partial charge in [-0.2, -0.15) is 0 Å². The van der Waals surface area contributed by atoms with Gasteiger partial charge in [0.05, 0.1) is 19.3 Å². The van der Waals surface area contributed by atoms with Crippen molar-refractivity contribution in [1.29, 1.82) is 0 Å². The van der Waals surface area contributed by atoms with Crippen LogP contribution in [-0.2, 0) is 4.74 Å². The lowest BCUT2D eigenvalue weighted by atomic mass is 10.1. The third-order valence-electron chi connectivity index (χ3n) is 1.94. The smallest absolute Gasteiger partial charge is 0.159 e. The van der Waals surface area contributed by atoms with Gasteiger partial charge in [-0.15, -0.1) is 0 Å². The fraction of sp³-hybridized carbons (Fsp3) is 0.400. The van der Waals surface area contributed by atoms with Gasteiger partial charge in [0, 0.05) is 6.54 Å². The summed E-state index contributed by atoms with van der Waals surface area (Å²) in [5, 5.41) is 8.56. The van der Waals surface area contributed by atoms with E-state index in [4.69, 9.17) is 15.6 Å². The van der Waals surface area contributed by atoms with Crippen molar-refractivity contribution >= 4 is 0 Å².